The van der Waals surface area contributed by atoms with Gasteiger partial charge in [0, 0.05) is 24.0 Å². The van der Waals surface area contributed by atoms with E-state index in [2.05, 4.69) is 51.1 Å². The summed E-state index contributed by atoms with van der Waals surface area (Å²) < 4.78 is 0. The molecule has 4 nitrogen and oxygen atoms in total. The number of nitrogens with zero attached hydrogens (tertiary/aromatic N) is 1. The molecule has 0 aliphatic carbocycles. The molecule has 3 rings (SSSR count). The van der Waals surface area contributed by atoms with E-state index in [1.807, 2.05) is 24.3 Å². The lowest BCUT2D eigenvalue weighted by Crippen LogP contribution is -2.10. The zero-order chi connectivity index (χ0) is 21.7. The van der Waals surface area contributed by atoms with Crippen LogP contribution in [0.25, 0.3) is 28.1 Å². The number of rotatable bonds is 8. The van der Waals surface area contributed by atoms with Crippen LogP contribution in [0.4, 0.5) is 0 Å². The standard InChI is InChI=1S/C26H30N2O2.2ClH/c1-17(2)14-24-22(16-27)26(20-11-8-18(3)9-12-20)21-15-19(10-13-23(21)28-24)6-4-5-7-25(29)30;;/h4,6,8-13,15,17H,5,7,14,16,27H2,1-3H3,(H,29,30);2*1H. The van der Waals surface area contributed by atoms with E-state index >= 15 is 0 Å². The molecule has 0 unspecified atom stereocenters. The molecule has 0 aliphatic heterocycles. The van der Waals surface area contributed by atoms with Crippen molar-refractivity contribution in [1.29, 1.82) is 0 Å². The molecule has 0 saturated carbocycles. The first-order valence-corrected chi connectivity index (χ1v) is 10.5. The molecular weight excluding hydrogens is 443 g/mol. The van der Waals surface area contributed by atoms with Gasteiger partial charge in [-0.1, -0.05) is 61.9 Å². The van der Waals surface area contributed by atoms with Gasteiger partial charge in [0.1, 0.15) is 0 Å². The second-order valence-electron chi connectivity index (χ2n) is 8.19. The van der Waals surface area contributed by atoms with Crippen molar-refractivity contribution in [3.05, 3.63) is 70.9 Å². The van der Waals surface area contributed by atoms with Gasteiger partial charge in [-0.2, -0.15) is 0 Å². The van der Waals surface area contributed by atoms with Gasteiger partial charge in [-0.15, -0.1) is 24.8 Å². The summed E-state index contributed by atoms with van der Waals surface area (Å²) in [6.45, 7) is 6.92. The molecule has 0 radical (unpaired) electrons. The number of aromatic nitrogens is 1. The molecule has 0 aliphatic rings. The van der Waals surface area contributed by atoms with Crippen LogP contribution < -0.4 is 5.73 Å². The molecule has 172 valence electrons. The second kappa shape index (κ2) is 12.6. The third-order valence-electron chi connectivity index (χ3n) is 5.18. The predicted octanol–water partition coefficient (Wildman–Crippen LogP) is 6.59. The molecule has 0 amide bonds. The first-order chi connectivity index (χ1) is 14.4. The molecule has 3 aromatic rings. The maximum Gasteiger partial charge on any atom is 0.303 e. The molecule has 32 heavy (non-hydrogen) atoms. The van der Waals surface area contributed by atoms with Crippen LogP contribution in [-0.4, -0.2) is 16.1 Å². The Labute approximate surface area is 202 Å². The summed E-state index contributed by atoms with van der Waals surface area (Å²) in [5, 5.41) is 9.90. The Morgan fingerprint density at radius 2 is 1.81 bits per heavy atom. The van der Waals surface area contributed by atoms with E-state index in [-0.39, 0.29) is 31.2 Å². The van der Waals surface area contributed by atoms with Gasteiger partial charge in [0.2, 0.25) is 0 Å². The lowest BCUT2D eigenvalue weighted by Gasteiger charge is -2.18. The van der Waals surface area contributed by atoms with Gasteiger partial charge in [-0.25, -0.2) is 0 Å². The van der Waals surface area contributed by atoms with Crippen LogP contribution in [0.2, 0.25) is 0 Å². The van der Waals surface area contributed by atoms with Crippen LogP contribution in [0, 0.1) is 12.8 Å². The molecular formula is C26H32Cl2N2O2. The molecule has 6 heteroatoms. The summed E-state index contributed by atoms with van der Waals surface area (Å²) in [6.07, 6.45) is 5.42. The lowest BCUT2D eigenvalue weighted by atomic mass is 9.90. The fraction of sp³-hybridized carbons (Fsp3) is 0.308. The van der Waals surface area contributed by atoms with Crippen molar-refractivity contribution in [3.8, 4) is 11.1 Å². The topological polar surface area (TPSA) is 76.2 Å². The van der Waals surface area contributed by atoms with Gasteiger partial charge in [-0.3, -0.25) is 9.78 Å². The van der Waals surface area contributed by atoms with E-state index in [4.69, 9.17) is 15.8 Å². The van der Waals surface area contributed by atoms with E-state index in [9.17, 15) is 4.79 Å². The maximum atomic E-state index is 10.7. The molecule has 1 aromatic heterocycles. The highest BCUT2D eigenvalue weighted by Crippen LogP contribution is 2.35. The third-order valence-corrected chi connectivity index (χ3v) is 5.18. The van der Waals surface area contributed by atoms with Crippen molar-refractivity contribution in [2.75, 3.05) is 0 Å². The quantitative estimate of drug-likeness (QED) is 0.385. The first kappa shape index (κ1) is 27.6. The number of carboxylic acid groups (broad SMARTS) is 1. The van der Waals surface area contributed by atoms with E-state index < -0.39 is 5.97 Å². The van der Waals surface area contributed by atoms with Crippen LogP contribution in [0.3, 0.4) is 0 Å². The number of aliphatic carboxylic acids is 1. The summed E-state index contributed by atoms with van der Waals surface area (Å²) >= 11 is 0. The Morgan fingerprint density at radius 1 is 1.12 bits per heavy atom. The van der Waals surface area contributed by atoms with Crippen LogP contribution in [0.5, 0.6) is 0 Å². The Hall–Kier alpha value is -2.40. The number of benzene rings is 2. The molecule has 0 fully saturated rings. The summed E-state index contributed by atoms with van der Waals surface area (Å²) in [4.78, 5) is 15.7. The van der Waals surface area contributed by atoms with Crippen molar-refractivity contribution >= 4 is 47.8 Å². The summed E-state index contributed by atoms with van der Waals surface area (Å²) in [5.41, 5.74) is 13.9. The smallest absolute Gasteiger partial charge is 0.303 e. The van der Waals surface area contributed by atoms with Crippen LogP contribution in [0.1, 0.15) is 49.1 Å². The lowest BCUT2D eigenvalue weighted by molar-refractivity contribution is -0.136. The minimum atomic E-state index is -0.783. The Balaban J connectivity index is 0.00000256. The Kier molecular flexibility index (Phi) is 10.9. The van der Waals surface area contributed by atoms with Gasteiger partial charge in [0.25, 0.3) is 0 Å². The number of aryl methyl sites for hydroxylation is 1. The minimum absolute atomic E-state index is 0. The van der Waals surface area contributed by atoms with Crippen molar-refractivity contribution < 1.29 is 9.90 Å². The SMILES string of the molecule is Cc1ccc(-c2c(CN)c(CC(C)C)nc3ccc(C=CCCC(=O)O)cc23)cc1.Cl.Cl. The van der Waals surface area contributed by atoms with E-state index in [1.165, 1.54) is 5.56 Å². The normalized spacial score (nSPS) is 10.9. The van der Waals surface area contributed by atoms with Gasteiger partial charge in [0.15, 0.2) is 0 Å². The number of hydrogen-bond acceptors (Lipinski definition) is 3. The molecule has 0 bridgehead atoms. The van der Waals surface area contributed by atoms with E-state index in [0.717, 1.165) is 45.3 Å². The minimum Gasteiger partial charge on any atom is -0.481 e. The molecule has 1 heterocycles. The van der Waals surface area contributed by atoms with Gasteiger partial charge in [0.05, 0.1) is 5.52 Å². The highest BCUT2D eigenvalue weighted by atomic mass is 35.5. The average molecular weight is 475 g/mol. The largest absolute Gasteiger partial charge is 0.481 e. The Bertz CT molecular complexity index is 1080. The molecule has 3 N–H and O–H groups in total. The predicted molar refractivity (Wildman–Crippen MR) is 139 cm³/mol. The highest BCUT2D eigenvalue weighted by molar-refractivity contribution is 5.97. The monoisotopic (exact) mass is 474 g/mol. The number of carbonyl (C=O) groups is 1. The average Bonchev–Trinajstić information content (AvgIpc) is 2.70. The zero-order valence-electron chi connectivity index (χ0n) is 18.8. The number of fused-ring (bicyclic) bond motifs is 1. The Morgan fingerprint density at radius 3 is 2.41 bits per heavy atom. The second-order valence-corrected chi connectivity index (χ2v) is 8.19. The van der Waals surface area contributed by atoms with Crippen molar-refractivity contribution in [3.63, 3.8) is 0 Å². The van der Waals surface area contributed by atoms with Gasteiger partial charge in [-0.05, 0) is 60.1 Å². The van der Waals surface area contributed by atoms with Crippen LogP contribution in [0.15, 0.2) is 48.5 Å². The van der Waals surface area contributed by atoms with Crippen molar-refractivity contribution in [1.82, 2.24) is 4.98 Å². The van der Waals surface area contributed by atoms with E-state index in [0.29, 0.717) is 18.9 Å². The summed E-state index contributed by atoms with van der Waals surface area (Å²) in [6, 6.07) is 14.8. The maximum absolute atomic E-state index is 10.7. The highest BCUT2D eigenvalue weighted by Gasteiger charge is 2.17. The van der Waals surface area contributed by atoms with Gasteiger partial charge < -0.3 is 10.8 Å². The number of halogens is 2. The fourth-order valence-electron chi connectivity index (χ4n) is 3.73. The number of pyridine rings is 1. The van der Waals surface area contributed by atoms with Crippen LogP contribution >= 0.6 is 24.8 Å². The van der Waals surface area contributed by atoms with Crippen molar-refractivity contribution in [2.24, 2.45) is 11.7 Å². The molecule has 0 atom stereocenters. The van der Waals surface area contributed by atoms with Crippen molar-refractivity contribution in [2.45, 2.75) is 46.6 Å². The zero-order valence-corrected chi connectivity index (χ0v) is 20.4. The number of carboxylic acids is 1. The third kappa shape index (κ3) is 6.80. The van der Waals surface area contributed by atoms with Gasteiger partial charge >= 0.3 is 5.97 Å². The number of hydrogen-bond donors (Lipinski definition) is 2. The van der Waals surface area contributed by atoms with E-state index in [1.54, 1.807) is 0 Å². The first-order valence-electron chi connectivity index (χ1n) is 10.5. The van der Waals surface area contributed by atoms with Crippen LogP contribution in [-0.2, 0) is 17.8 Å². The molecule has 2 aromatic carbocycles. The molecule has 0 spiro atoms. The molecule has 0 saturated heterocycles. The fourth-order valence-corrected chi connectivity index (χ4v) is 3.73. The summed E-state index contributed by atoms with van der Waals surface area (Å²) in [7, 11) is 0. The summed E-state index contributed by atoms with van der Waals surface area (Å²) in [5.74, 6) is -0.295. The number of allylic oxidation sites excluding steroid dienone is 1. The number of nitrogens with two attached hydrogens (primary N) is 1.